The molecular weight excluding hydrogens is 933 g/mol. The largest absolute Gasteiger partial charge is 0.508 e. The third-order valence-corrected chi connectivity index (χ3v) is 10.9. The first kappa shape index (κ1) is 61.7. The highest BCUT2D eigenvalue weighted by atomic mass is 16.4. The van der Waals surface area contributed by atoms with E-state index in [2.05, 4.69) is 47.9 Å². The Morgan fingerprint density at radius 2 is 1.01 bits per heavy atom. The van der Waals surface area contributed by atoms with Gasteiger partial charge in [0.25, 0.3) is 0 Å². The molecule has 10 amide bonds. The number of aliphatic carboxylic acids is 2. The molecule has 396 valence electrons. The molecule has 0 fully saturated rings. The molecule has 1 rings (SSSR count). The monoisotopic (exact) mass is 1000 g/mol. The van der Waals surface area contributed by atoms with Crippen molar-refractivity contribution in [1.82, 2.24) is 47.9 Å². The molecular formula is C46H72N10O15. The van der Waals surface area contributed by atoms with Crippen LogP contribution in [-0.2, 0) is 64.0 Å². The molecule has 0 unspecified atom stereocenters. The van der Waals surface area contributed by atoms with Crippen LogP contribution in [0.4, 0.5) is 0 Å². The molecule has 0 aromatic heterocycles. The number of carboxylic acid groups (broad SMARTS) is 2. The van der Waals surface area contributed by atoms with E-state index in [1.54, 1.807) is 67.5 Å². The van der Waals surface area contributed by atoms with Crippen LogP contribution < -0.4 is 53.6 Å². The van der Waals surface area contributed by atoms with Crippen molar-refractivity contribution < 1.29 is 72.9 Å². The Hall–Kier alpha value is -7.34. The van der Waals surface area contributed by atoms with Gasteiger partial charge in [-0.25, -0.2) is 4.79 Å². The first-order valence-electron chi connectivity index (χ1n) is 23.1. The molecule has 0 saturated carbocycles. The van der Waals surface area contributed by atoms with Gasteiger partial charge in [0.1, 0.15) is 54.1 Å². The van der Waals surface area contributed by atoms with Crippen LogP contribution in [0.5, 0.6) is 5.75 Å². The lowest BCUT2D eigenvalue weighted by molar-refractivity contribution is -0.144. The van der Waals surface area contributed by atoms with E-state index >= 15 is 0 Å². The van der Waals surface area contributed by atoms with Crippen LogP contribution >= 0.6 is 0 Å². The van der Waals surface area contributed by atoms with Crippen molar-refractivity contribution in [3.63, 3.8) is 0 Å². The maximum atomic E-state index is 13.9. The number of nitrogens with two attached hydrogens (primary N) is 1. The van der Waals surface area contributed by atoms with Crippen molar-refractivity contribution in [3.05, 3.63) is 29.8 Å². The number of amides is 10. The van der Waals surface area contributed by atoms with Crippen LogP contribution in [0.3, 0.4) is 0 Å². The molecule has 1 aromatic rings. The molecule has 0 heterocycles. The highest BCUT2D eigenvalue weighted by Gasteiger charge is 2.37. The number of phenolic OH excluding ortho intramolecular Hbond substituents is 1. The lowest BCUT2D eigenvalue weighted by Crippen LogP contribution is -2.62. The van der Waals surface area contributed by atoms with Crippen molar-refractivity contribution in [3.8, 4) is 5.75 Å². The van der Waals surface area contributed by atoms with Crippen molar-refractivity contribution >= 4 is 71.0 Å². The lowest BCUT2D eigenvalue weighted by Gasteiger charge is -2.30. The van der Waals surface area contributed by atoms with E-state index in [0.717, 1.165) is 0 Å². The summed E-state index contributed by atoms with van der Waals surface area (Å²) in [5.74, 6) is -14.0. The molecule has 0 spiro atoms. The smallest absolute Gasteiger partial charge is 0.326 e. The normalized spacial score (nSPS) is 14.9. The summed E-state index contributed by atoms with van der Waals surface area (Å²) in [5, 5.41) is 50.3. The second-order valence-corrected chi connectivity index (χ2v) is 18.4. The van der Waals surface area contributed by atoms with Gasteiger partial charge in [-0.1, -0.05) is 73.9 Å². The first-order valence-corrected chi connectivity index (χ1v) is 23.1. The molecule has 0 aliphatic heterocycles. The summed E-state index contributed by atoms with van der Waals surface area (Å²) < 4.78 is 0. The van der Waals surface area contributed by atoms with Crippen LogP contribution in [0.15, 0.2) is 24.3 Å². The predicted octanol–water partition coefficient (Wildman–Crippen LogP) is -2.19. The average molecular weight is 1010 g/mol. The Kier molecular flexibility index (Phi) is 25.7. The molecule has 0 bridgehead atoms. The number of carbonyl (C=O) groups excluding carboxylic acids is 10. The Labute approximate surface area is 412 Å². The average Bonchev–Trinajstić information content (AvgIpc) is 3.26. The third kappa shape index (κ3) is 22.3. The Morgan fingerprint density at radius 1 is 0.549 bits per heavy atom. The fourth-order valence-electron chi connectivity index (χ4n) is 6.80. The molecule has 25 heteroatoms. The van der Waals surface area contributed by atoms with E-state index < -0.39 is 156 Å². The quantitative estimate of drug-likeness (QED) is 0.0389. The maximum absolute atomic E-state index is 13.9. The van der Waals surface area contributed by atoms with Gasteiger partial charge in [0, 0.05) is 13.3 Å². The molecule has 0 saturated heterocycles. The topological polar surface area (TPSA) is 400 Å². The van der Waals surface area contributed by atoms with Crippen molar-refractivity contribution in [2.45, 2.75) is 150 Å². The number of hydrogen-bond donors (Lipinski definition) is 13. The van der Waals surface area contributed by atoms with Gasteiger partial charge in [-0.3, -0.25) is 52.7 Å². The molecule has 0 radical (unpaired) electrons. The van der Waals surface area contributed by atoms with E-state index in [0.29, 0.717) is 5.56 Å². The minimum Gasteiger partial charge on any atom is -0.508 e. The van der Waals surface area contributed by atoms with Crippen LogP contribution in [0.1, 0.15) is 100 Å². The number of rotatable bonds is 30. The minimum atomic E-state index is -1.86. The minimum absolute atomic E-state index is 0.00223. The number of hydrogen-bond acceptors (Lipinski definition) is 13. The Bertz CT molecular complexity index is 2080. The second kappa shape index (κ2) is 29.6. The van der Waals surface area contributed by atoms with Crippen molar-refractivity contribution in [2.24, 2.45) is 29.4 Å². The van der Waals surface area contributed by atoms with Gasteiger partial charge in [0.05, 0.1) is 19.4 Å². The fourth-order valence-corrected chi connectivity index (χ4v) is 6.80. The Morgan fingerprint density at radius 3 is 1.48 bits per heavy atom. The maximum Gasteiger partial charge on any atom is 0.326 e. The fraction of sp³-hybridized carbons (Fsp3) is 0.609. The summed E-state index contributed by atoms with van der Waals surface area (Å²) in [6.07, 6.45) is -1.58. The molecule has 9 atom stereocenters. The number of carboxylic acids is 2. The van der Waals surface area contributed by atoms with Crippen LogP contribution in [0.2, 0.25) is 0 Å². The SMILES string of the molecule is CC[C@H](C)[C@H](NC(=O)[C@@H](NC(=O)[C@@H](NC(=O)CNC(=O)[C@H](C)NC(=O)[C@H](Cc1ccc(O)cc1)NC(C)=O)C(C)C)C(C)C)C(=O)N[C@@H](CC(N)=O)C(=O)N[C@@H](CC(=O)O)C(=O)N[C@@H](CC(C)C)C(=O)O. The van der Waals surface area contributed by atoms with Crippen LogP contribution in [0.25, 0.3) is 0 Å². The molecule has 71 heavy (non-hydrogen) atoms. The zero-order valence-corrected chi connectivity index (χ0v) is 41.8. The van der Waals surface area contributed by atoms with Crippen LogP contribution in [-0.4, -0.2) is 141 Å². The predicted molar refractivity (Wildman–Crippen MR) is 254 cm³/mol. The number of aromatic hydroxyl groups is 1. The second-order valence-electron chi connectivity index (χ2n) is 18.4. The van der Waals surface area contributed by atoms with Gasteiger partial charge in [-0.05, 0) is 54.7 Å². The van der Waals surface area contributed by atoms with Crippen LogP contribution in [0, 0.1) is 23.7 Å². The number of carbonyl (C=O) groups is 12. The summed E-state index contributed by atoms with van der Waals surface area (Å²) in [6, 6.07) is -5.44. The number of phenols is 1. The zero-order valence-electron chi connectivity index (χ0n) is 41.8. The van der Waals surface area contributed by atoms with Crippen molar-refractivity contribution in [2.75, 3.05) is 6.54 Å². The van der Waals surface area contributed by atoms with E-state index in [1.165, 1.54) is 26.0 Å². The van der Waals surface area contributed by atoms with Crippen molar-refractivity contribution in [1.29, 1.82) is 0 Å². The highest BCUT2D eigenvalue weighted by molar-refractivity contribution is 5.99. The summed E-state index contributed by atoms with van der Waals surface area (Å²) in [5.41, 5.74) is 5.98. The summed E-state index contributed by atoms with van der Waals surface area (Å²) >= 11 is 0. The third-order valence-electron chi connectivity index (χ3n) is 10.9. The summed E-state index contributed by atoms with van der Waals surface area (Å²) in [7, 11) is 0. The van der Waals surface area contributed by atoms with Gasteiger partial charge < -0.3 is 68.9 Å². The summed E-state index contributed by atoms with van der Waals surface area (Å²) in [6.45, 7) is 15.0. The Balaban J connectivity index is 3.15. The van der Waals surface area contributed by atoms with E-state index in [1.807, 2.05) is 0 Å². The standard InChI is InChI=1S/C46H72N10O15/c1-11-24(8)38(45(69)52-30(18-33(47)59)41(65)51-31(19-35(61)62)42(66)53-32(46(70)71)16-21(2)3)56-44(68)37(23(6)7)55-43(67)36(22(4)5)54-34(60)20-48-39(63)25(9)49-40(64)29(50-26(10)57)17-27-12-14-28(58)15-13-27/h12-15,21-25,29-32,36-38,58H,11,16-20H2,1-10H3,(H2,47,59)(H,48,63)(H,49,64)(H,50,57)(H,51,65)(H,52,69)(H,53,66)(H,54,60)(H,55,67)(H,56,68)(H,61,62)(H,70,71)/t24-,25-,29-,30-,31-,32-,36-,37-,38-/m0/s1. The molecule has 0 aliphatic carbocycles. The van der Waals surface area contributed by atoms with Gasteiger partial charge >= 0.3 is 11.9 Å². The van der Waals surface area contributed by atoms with Gasteiger partial charge in [0.2, 0.25) is 59.1 Å². The molecule has 25 nitrogen and oxygen atoms in total. The first-order chi connectivity index (χ1) is 33.0. The zero-order chi connectivity index (χ0) is 54.4. The molecule has 0 aliphatic rings. The number of nitrogens with one attached hydrogen (secondary N) is 9. The summed E-state index contributed by atoms with van der Waals surface area (Å²) in [4.78, 5) is 155. The number of primary amides is 1. The van der Waals surface area contributed by atoms with Gasteiger partial charge in [-0.15, -0.1) is 0 Å². The van der Waals surface area contributed by atoms with E-state index in [4.69, 9.17) is 5.73 Å². The van der Waals surface area contributed by atoms with Gasteiger partial charge in [0.15, 0.2) is 0 Å². The highest BCUT2D eigenvalue weighted by Crippen LogP contribution is 2.14. The van der Waals surface area contributed by atoms with Gasteiger partial charge in [-0.2, -0.15) is 0 Å². The lowest BCUT2D eigenvalue weighted by atomic mass is 9.95. The van der Waals surface area contributed by atoms with E-state index in [9.17, 15) is 72.9 Å². The van der Waals surface area contributed by atoms with E-state index in [-0.39, 0.29) is 30.9 Å². The number of benzene rings is 1. The molecule has 1 aromatic carbocycles. The molecule has 14 N–H and O–H groups in total.